The molecule has 2 N–H and O–H groups in total. The predicted octanol–water partition coefficient (Wildman–Crippen LogP) is 2.48. The first-order valence-electron chi connectivity index (χ1n) is 9.80. The summed E-state index contributed by atoms with van der Waals surface area (Å²) in [6, 6.07) is 7.36. The molecule has 1 aromatic carbocycles. The molecule has 4 aliphatic carbocycles. The van der Waals surface area contributed by atoms with Crippen LogP contribution in [0.1, 0.15) is 44.1 Å². The summed E-state index contributed by atoms with van der Waals surface area (Å²) in [5.74, 6) is 2.66. The van der Waals surface area contributed by atoms with Crippen LogP contribution in [-0.2, 0) is 9.59 Å². The fourth-order valence-electron chi connectivity index (χ4n) is 5.65. The molecule has 4 bridgehead atoms. The molecular weight excluding hydrogens is 342 g/mol. The SMILES string of the molecule is COc1ccc(C=NNC(=O)CNC(=O)C23CC4CC(CC(C4)C2)C3)cc1. The summed E-state index contributed by atoms with van der Waals surface area (Å²) in [7, 11) is 1.61. The van der Waals surface area contributed by atoms with Gasteiger partial charge in [0.1, 0.15) is 5.75 Å². The van der Waals surface area contributed by atoms with Gasteiger partial charge >= 0.3 is 0 Å². The number of ether oxygens (including phenoxy) is 1. The van der Waals surface area contributed by atoms with E-state index in [2.05, 4.69) is 15.8 Å². The third-order valence-corrected chi connectivity index (χ3v) is 6.45. The molecule has 6 nitrogen and oxygen atoms in total. The Morgan fingerprint density at radius 3 is 2.26 bits per heavy atom. The third kappa shape index (κ3) is 3.84. The van der Waals surface area contributed by atoms with Crippen LogP contribution in [0.5, 0.6) is 5.75 Å². The van der Waals surface area contributed by atoms with Gasteiger partial charge in [-0.05, 0) is 86.1 Å². The Labute approximate surface area is 159 Å². The first-order valence-corrected chi connectivity index (χ1v) is 9.80. The molecule has 6 heteroatoms. The molecular formula is C21H27N3O3. The van der Waals surface area contributed by atoms with Crippen molar-refractivity contribution in [2.45, 2.75) is 38.5 Å². The molecule has 5 rings (SSSR count). The van der Waals surface area contributed by atoms with Crippen LogP contribution < -0.4 is 15.5 Å². The average molecular weight is 369 g/mol. The number of hydrazone groups is 1. The number of amides is 2. The van der Waals surface area contributed by atoms with Crippen LogP contribution in [0.15, 0.2) is 29.4 Å². The maximum Gasteiger partial charge on any atom is 0.259 e. The largest absolute Gasteiger partial charge is 0.497 e. The molecule has 0 saturated heterocycles. The van der Waals surface area contributed by atoms with E-state index in [1.54, 1.807) is 13.3 Å². The van der Waals surface area contributed by atoms with Crippen molar-refractivity contribution in [2.75, 3.05) is 13.7 Å². The number of carbonyl (C=O) groups is 2. The van der Waals surface area contributed by atoms with E-state index < -0.39 is 0 Å². The second kappa shape index (κ2) is 7.33. The van der Waals surface area contributed by atoms with E-state index >= 15 is 0 Å². The molecule has 4 aliphatic rings. The van der Waals surface area contributed by atoms with E-state index in [0.29, 0.717) is 17.8 Å². The van der Waals surface area contributed by atoms with Gasteiger partial charge in [-0.25, -0.2) is 5.43 Å². The fourth-order valence-corrected chi connectivity index (χ4v) is 5.65. The lowest BCUT2D eigenvalue weighted by Gasteiger charge is -2.55. The maximum atomic E-state index is 12.8. The van der Waals surface area contributed by atoms with Crippen molar-refractivity contribution in [3.8, 4) is 5.75 Å². The van der Waals surface area contributed by atoms with Crippen molar-refractivity contribution >= 4 is 18.0 Å². The lowest BCUT2D eigenvalue weighted by Crippen LogP contribution is -2.54. The number of nitrogens with one attached hydrogen (secondary N) is 2. The van der Waals surface area contributed by atoms with Crippen molar-refractivity contribution in [3.63, 3.8) is 0 Å². The topological polar surface area (TPSA) is 79.8 Å². The number of methoxy groups -OCH3 is 1. The Bertz CT molecular complexity index is 706. The quantitative estimate of drug-likeness (QED) is 0.597. The summed E-state index contributed by atoms with van der Waals surface area (Å²) in [5.41, 5.74) is 3.11. The zero-order chi connectivity index (χ0) is 18.9. The van der Waals surface area contributed by atoms with Crippen molar-refractivity contribution in [3.05, 3.63) is 29.8 Å². The number of benzene rings is 1. The standard InChI is InChI=1S/C21H27N3O3/c1-27-18-4-2-14(3-5-18)12-23-24-19(25)13-22-20(26)21-9-15-6-16(10-21)8-17(7-15)11-21/h2-5,12,15-17H,6-11,13H2,1H3,(H,22,26)(H,24,25). The van der Waals surface area contributed by atoms with E-state index in [1.165, 1.54) is 19.3 Å². The molecule has 27 heavy (non-hydrogen) atoms. The average Bonchev–Trinajstić information content (AvgIpc) is 2.65. The summed E-state index contributed by atoms with van der Waals surface area (Å²) < 4.78 is 5.10. The maximum absolute atomic E-state index is 12.8. The summed E-state index contributed by atoms with van der Waals surface area (Å²) in [6.07, 6.45) is 8.47. The van der Waals surface area contributed by atoms with Crippen LogP contribution in [-0.4, -0.2) is 31.7 Å². The molecule has 0 heterocycles. The Hall–Kier alpha value is -2.37. The summed E-state index contributed by atoms with van der Waals surface area (Å²) >= 11 is 0. The van der Waals surface area contributed by atoms with Gasteiger partial charge in [-0.2, -0.15) is 5.10 Å². The molecule has 4 saturated carbocycles. The van der Waals surface area contributed by atoms with Gasteiger partial charge in [-0.1, -0.05) is 0 Å². The summed E-state index contributed by atoms with van der Waals surface area (Å²) in [5, 5.41) is 6.81. The smallest absolute Gasteiger partial charge is 0.259 e. The number of rotatable bonds is 6. The number of hydrogen-bond acceptors (Lipinski definition) is 4. The second-order valence-corrected chi connectivity index (χ2v) is 8.45. The zero-order valence-electron chi connectivity index (χ0n) is 15.7. The van der Waals surface area contributed by atoms with Gasteiger partial charge < -0.3 is 10.1 Å². The molecule has 2 amide bonds. The summed E-state index contributed by atoms with van der Waals surface area (Å²) in [4.78, 5) is 24.8. The predicted molar refractivity (Wildman–Crippen MR) is 102 cm³/mol. The highest BCUT2D eigenvalue weighted by Gasteiger charge is 2.54. The highest BCUT2D eigenvalue weighted by Crippen LogP contribution is 2.60. The molecule has 0 unspecified atom stereocenters. The molecule has 0 atom stereocenters. The van der Waals surface area contributed by atoms with Gasteiger partial charge in [0, 0.05) is 5.41 Å². The highest BCUT2D eigenvalue weighted by molar-refractivity contribution is 5.89. The molecule has 0 aliphatic heterocycles. The molecule has 144 valence electrons. The Kier molecular flexibility index (Phi) is 4.89. The van der Waals surface area contributed by atoms with Gasteiger partial charge in [0.2, 0.25) is 5.91 Å². The fraction of sp³-hybridized carbons (Fsp3) is 0.571. The molecule has 4 fully saturated rings. The molecule has 0 radical (unpaired) electrons. The van der Waals surface area contributed by atoms with Crippen LogP contribution in [0, 0.1) is 23.2 Å². The van der Waals surface area contributed by atoms with E-state index in [1.807, 2.05) is 24.3 Å². The minimum atomic E-state index is -0.308. The Morgan fingerprint density at radius 2 is 1.70 bits per heavy atom. The zero-order valence-corrected chi connectivity index (χ0v) is 15.7. The monoisotopic (exact) mass is 369 g/mol. The first-order chi connectivity index (χ1) is 13.1. The van der Waals surface area contributed by atoms with Gasteiger partial charge in [0.05, 0.1) is 19.9 Å². The number of hydrogen-bond donors (Lipinski definition) is 2. The minimum absolute atomic E-state index is 0.0272. The van der Waals surface area contributed by atoms with Crippen LogP contribution in [0.2, 0.25) is 0 Å². The van der Waals surface area contributed by atoms with Gasteiger partial charge in [0.25, 0.3) is 5.91 Å². The van der Waals surface area contributed by atoms with Crippen LogP contribution in [0.3, 0.4) is 0 Å². The third-order valence-electron chi connectivity index (χ3n) is 6.45. The lowest BCUT2D eigenvalue weighted by molar-refractivity contribution is -0.147. The molecule has 0 spiro atoms. The van der Waals surface area contributed by atoms with Gasteiger partial charge in [-0.15, -0.1) is 0 Å². The first kappa shape index (κ1) is 18.0. The van der Waals surface area contributed by atoms with Crippen LogP contribution in [0.25, 0.3) is 0 Å². The van der Waals surface area contributed by atoms with Crippen LogP contribution >= 0.6 is 0 Å². The minimum Gasteiger partial charge on any atom is -0.497 e. The number of carbonyl (C=O) groups excluding carboxylic acids is 2. The molecule has 0 aromatic heterocycles. The van der Waals surface area contributed by atoms with E-state index in [-0.39, 0.29) is 23.8 Å². The van der Waals surface area contributed by atoms with Crippen molar-refractivity contribution in [1.82, 2.24) is 10.7 Å². The van der Waals surface area contributed by atoms with E-state index in [4.69, 9.17) is 4.74 Å². The van der Waals surface area contributed by atoms with E-state index in [9.17, 15) is 9.59 Å². The van der Waals surface area contributed by atoms with Gasteiger partial charge in [0.15, 0.2) is 0 Å². The van der Waals surface area contributed by atoms with Crippen LogP contribution in [0.4, 0.5) is 0 Å². The number of nitrogens with zero attached hydrogens (tertiary/aromatic N) is 1. The highest BCUT2D eigenvalue weighted by atomic mass is 16.5. The van der Waals surface area contributed by atoms with Crippen molar-refractivity contribution in [2.24, 2.45) is 28.3 Å². The lowest BCUT2D eigenvalue weighted by atomic mass is 9.49. The van der Waals surface area contributed by atoms with Gasteiger partial charge in [-0.3, -0.25) is 9.59 Å². The Balaban J connectivity index is 1.25. The molecule has 1 aromatic rings. The normalized spacial score (nSPS) is 31.1. The van der Waals surface area contributed by atoms with E-state index in [0.717, 1.165) is 30.6 Å². The Morgan fingerprint density at radius 1 is 1.11 bits per heavy atom. The second-order valence-electron chi connectivity index (χ2n) is 8.45. The summed E-state index contributed by atoms with van der Waals surface area (Å²) in [6.45, 7) is -0.0272. The van der Waals surface area contributed by atoms with Crippen molar-refractivity contribution < 1.29 is 14.3 Å². The van der Waals surface area contributed by atoms with Crippen molar-refractivity contribution in [1.29, 1.82) is 0 Å².